The number of alkyl halides is 1. The highest BCUT2D eigenvalue weighted by molar-refractivity contribution is 6.16. The maximum atomic E-state index is 12.7. The fraction of sp³-hybridized carbons (Fsp3) is 0.438. The first-order valence-corrected chi connectivity index (χ1v) is 8.25. The second-order valence-corrected chi connectivity index (χ2v) is 5.72. The van der Waals surface area contributed by atoms with Gasteiger partial charge in [-0.2, -0.15) is 4.98 Å². The van der Waals surface area contributed by atoms with Crippen molar-refractivity contribution in [2.24, 2.45) is 0 Å². The van der Waals surface area contributed by atoms with Crippen LogP contribution in [0.5, 0.6) is 0 Å². The highest BCUT2D eigenvalue weighted by Gasteiger charge is 2.21. The van der Waals surface area contributed by atoms with Crippen molar-refractivity contribution in [3.05, 3.63) is 35.7 Å². The number of piperazine rings is 1. The summed E-state index contributed by atoms with van der Waals surface area (Å²) in [7, 11) is 0. The topological polar surface area (TPSA) is 62.5 Å². The van der Waals surface area contributed by atoms with Gasteiger partial charge in [0.25, 0.3) is 5.91 Å². The molecule has 122 valence electrons. The van der Waals surface area contributed by atoms with E-state index in [1.165, 1.54) is 0 Å². The van der Waals surface area contributed by atoms with Crippen LogP contribution >= 0.6 is 11.6 Å². The van der Waals surface area contributed by atoms with Crippen molar-refractivity contribution in [3.63, 3.8) is 0 Å². The molecule has 0 spiro atoms. The summed E-state index contributed by atoms with van der Waals surface area (Å²) in [5, 5.41) is 3.89. The van der Waals surface area contributed by atoms with Crippen LogP contribution in [0.3, 0.4) is 0 Å². The van der Waals surface area contributed by atoms with Crippen molar-refractivity contribution in [2.45, 2.75) is 12.8 Å². The van der Waals surface area contributed by atoms with Gasteiger partial charge in [0.1, 0.15) is 5.88 Å². The van der Waals surface area contributed by atoms with Crippen LogP contribution in [0, 0.1) is 0 Å². The lowest BCUT2D eigenvalue weighted by atomic mass is 10.1. The van der Waals surface area contributed by atoms with Crippen LogP contribution < -0.4 is 0 Å². The molecule has 1 aliphatic heterocycles. The van der Waals surface area contributed by atoms with Gasteiger partial charge in [-0.15, -0.1) is 11.6 Å². The largest absolute Gasteiger partial charge is 0.338 e. The molecule has 1 aliphatic rings. The van der Waals surface area contributed by atoms with E-state index >= 15 is 0 Å². The summed E-state index contributed by atoms with van der Waals surface area (Å²) in [4.78, 5) is 21.1. The van der Waals surface area contributed by atoms with E-state index in [0.29, 0.717) is 17.3 Å². The Balaban J connectivity index is 1.75. The molecule has 1 aromatic carbocycles. The molecule has 0 saturated carbocycles. The lowest BCUT2D eigenvalue weighted by molar-refractivity contribution is 0.0643. The Morgan fingerprint density at radius 1 is 1.30 bits per heavy atom. The molecule has 0 bridgehead atoms. The number of halogens is 1. The van der Waals surface area contributed by atoms with Gasteiger partial charge in [0, 0.05) is 37.3 Å². The molecule has 0 aliphatic carbocycles. The minimum absolute atomic E-state index is 0.0451. The number of likely N-dealkylation sites (N-methyl/N-ethyl adjacent to an activating group) is 1. The highest BCUT2D eigenvalue weighted by Crippen LogP contribution is 2.19. The van der Waals surface area contributed by atoms with Crippen LogP contribution in [0.4, 0.5) is 0 Å². The van der Waals surface area contributed by atoms with Gasteiger partial charge in [-0.3, -0.25) is 4.79 Å². The van der Waals surface area contributed by atoms with Crippen LogP contribution in [0.1, 0.15) is 23.2 Å². The third-order valence-corrected chi connectivity index (χ3v) is 4.29. The maximum absolute atomic E-state index is 12.7. The van der Waals surface area contributed by atoms with E-state index in [9.17, 15) is 4.79 Å². The van der Waals surface area contributed by atoms with E-state index in [-0.39, 0.29) is 11.8 Å². The Hall–Kier alpha value is -1.92. The van der Waals surface area contributed by atoms with Gasteiger partial charge < -0.3 is 14.3 Å². The summed E-state index contributed by atoms with van der Waals surface area (Å²) in [6, 6.07) is 7.31. The molecule has 7 heteroatoms. The van der Waals surface area contributed by atoms with Gasteiger partial charge in [-0.05, 0) is 18.7 Å². The van der Waals surface area contributed by atoms with Gasteiger partial charge in [-0.25, -0.2) is 0 Å². The molecule has 0 unspecified atom stereocenters. The van der Waals surface area contributed by atoms with Gasteiger partial charge >= 0.3 is 0 Å². The van der Waals surface area contributed by atoms with E-state index in [0.717, 1.165) is 38.3 Å². The molecule has 1 fully saturated rings. The molecule has 2 aromatic rings. The highest BCUT2D eigenvalue weighted by atomic mass is 35.5. The first-order valence-electron chi connectivity index (χ1n) is 7.72. The molecule has 0 radical (unpaired) electrons. The van der Waals surface area contributed by atoms with Gasteiger partial charge in [-0.1, -0.05) is 24.2 Å². The zero-order valence-electron chi connectivity index (χ0n) is 13.0. The van der Waals surface area contributed by atoms with Crippen LogP contribution in [0.2, 0.25) is 0 Å². The molecule has 0 atom stereocenters. The van der Waals surface area contributed by atoms with Crippen LogP contribution in [0.25, 0.3) is 11.4 Å². The average Bonchev–Trinajstić information content (AvgIpc) is 3.10. The number of carbonyl (C=O) groups is 1. The smallest absolute Gasteiger partial charge is 0.253 e. The van der Waals surface area contributed by atoms with E-state index in [1.807, 2.05) is 23.1 Å². The van der Waals surface area contributed by atoms with Crippen molar-refractivity contribution in [1.29, 1.82) is 0 Å². The number of benzene rings is 1. The zero-order valence-corrected chi connectivity index (χ0v) is 13.8. The van der Waals surface area contributed by atoms with Gasteiger partial charge in [0.05, 0.1) is 0 Å². The second-order valence-electron chi connectivity index (χ2n) is 5.45. The minimum atomic E-state index is 0.0451. The fourth-order valence-corrected chi connectivity index (χ4v) is 2.78. The summed E-state index contributed by atoms with van der Waals surface area (Å²) in [6.07, 6.45) is 0. The Kier molecular flexibility index (Phi) is 4.93. The molecule has 3 rings (SSSR count). The Morgan fingerprint density at radius 2 is 2.09 bits per heavy atom. The molecular weight excluding hydrogens is 316 g/mol. The minimum Gasteiger partial charge on any atom is -0.338 e. The molecule has 6 nitrogen and oxygen atoms in total. The Bertz CT molecular complexity index is 680. The number of carbonyl (C=O) groups excluding carboxylic acids is 1. The second kappa shape index (κ2) is 7.10. The number of aromatic nitrogens is 2. The van der Waals surface area contributed by atoms with E-state index in [4.69, 9.17) is 16.1 Å². The SMILES string of the molecule is CCN1CCN(C(=O)c2cccc(-c3noc(CCl)n3)c2)CC1. The first-order chi connectivity index (χ1) is 11.2. The van der Waals surface area contributed by atoms with Crippen molar-refractivity contribution in [1.82, 2.24) is 19.9 Å². The molecular formula is C16H19ClN4O2. The van der Waals surface area contributed by atoms with Crippen molar-refractivity contribution >= 4 is 17.5 Å². The molecule has 1 aromatic heterocycles. The van der Waals surface area contributed by atoms with Gasteiger partial charge in [0.2, 0.25) is 11.7 Å². The molecule has 1 amide bonds. The zero-order chi connectivity index (χ0) is 16.2. The third-order valence-electron chi connectivity index (χ3n) is 4.06. The summed E-state index contributed by atoms with van der Waals surface area (Å²) >= 11 is 5.67. The number of hydrogen-bond donors (Lipinski definition) is 0. The summed E-state index contributed by atoms with van der Waals surface area (Å²) in [5.41, 5.74) is 1.40. The predicted molar refractivity (Wildman–Crippen MR) is 87.3 cm³/mol. The van der Waals surface area contributed by atoms with E-state index < -0.39 is 0 Å². The van der Waals surface area contributed by atoms with E-state index in [2.05, 4.69) is 22.0 Å². The van der Waals surface area contributed by atoms with Crippen LogP contribution in [-0.2, 0) is 5.88 Å². The van der Waals surface area contributed by atoms with Gasteiger partial charge in [0.15, 0.2) is 0 Å². The molecule has 0 N–H and O–H groups in total. The number of amides is 1. The number of nitrogens with zero attached hydrogens (tertiary/aromatic N) is 4. The molecule has 23 heavy (non-hydrogen) atoms. The van der Waals surface area contributed by atoms with Crippen molar-refractivity contribution in [3.8, 4) is 11.4 Å². The standard InChI is InChI=1S/C16H19ClN4O2/c1-2-20-6-8-21(9-7-20)16(22)13-5-3-4-12(10-13)15-18-14(11-17)23-19-15/h3-5,10H,2,6-9,11H2,1H3. The average molecular weight is 335 g/mol. The Labute approximate surface area is 140 Å². The summed E-state index contributed by atoms with van der Waals surface area (Å²) in [5.74, 6) is 1.04. The Morgan fingerprint density at radius 3 is 2.74 bits per heavy atom. The monoisotopic (exact) mass is 334 g/mol. The molecule has 1 saturated heterocycles. The number of hydrogen-bond acceptors (Lipinski definition) is 5. The lowest BCUT2D eigenvalue weighted by Crippen LogP contribution is -2.48. The van der Waals surface area contributed by atoms with Crippen molar-refractivity contribution in [2.75, 3.05) is 32.7 Å². The molecule has 2 heterocycles. The van der Waals surface area contributed by atoms with Crippen LogP contribution in [-0.4, -0.2) is 58.6 Å². The van der Waals surface area contributed by atoms with Crippen molar-refractivity contribution < 1.29 is 9.32 Å². The number of rotatable bonds is 4. The first kappa shape index (κ1) is 16.0. The van der Waals surface area contributed by atoms with Crippen LogP contribution in [0.15, 0.2) is 28.8 Å². The fourth-order valence-electron chi connectivity index (χ4n) is 2.67. The van der Waals surface area contributed by atoms with E-state index in [1.54, 1.807) is 6.07 Å². The predicted octanol–water partition coefficient (Wildman–Crippen LogP) is 2.25. The third kappa shape index (κ3) is 3.54. The maximum Gasteiger partial charge on any atom is 0.253 e. The summed E-state index contributed by atoms with van der Waals surface area (Å²) < 4.78 is 5.02. The normalized spacial score (nSPS) is 15.8. The lowest BCUT2D eigenvalue weighted by Gasteiger charge is -2.34. The summed E-state index contributed by atoms with van der Waals surface area (Å²) in [6.45, 7) is 6.53. The quantitative estimate of drug-likeness (QED) is 0.802.